The summed E-state index contributed by atoms with van der Waals surface area (Å²) in [5.74, 6) is 0.491. The van der Waals surface area contributed by atoms with E-state index >= 15 is 0 Å². The largest absolute Gasteiger partial charge is 0.302 e. The lowest BCUT2D eigenvalue weighted by molar-refractivity contribution is 0.187. The average Bonchev–Trinajstić information content (AvgIpc) is 2.60. The first-order valence-electron chi connectivity index (χ1n) is 9.54. The molecule has 26 heavy (non-hydrogen) atoms. The van der Waals surface area contributed by atoms with Crippen LogP contribution in [0.2, 0.25) is 0 Å². The lowest BCUT2D eigenvalue weighted by Gasteiger charge is -2.42. The van der Waals surface area contributed by atoms with E-state index in [4.69, 9.17) is 0 Å². The summed E-state index contributed by atoms with van der Waals surface area (Å²) < 4.78 is 1.08. The molecule has 0 radical (unpaired) electrons. The van der Waals surface area contributed by atoms with Crippen molar-refractivity contribution in [3.8, 4) is 6.07 Å². The molecule has 3 heteroatoms. The molecular formula is C23H27BrN2. The monoisotopic (exact) mass is 410 g/mol. The average molecular weight is 411 g/mol. The number of benzene rings is 2. The Morgan fingerprint density at radius 3 is 2.42 bits per heavy atom. The Balaban J connectivity index is 1.67. The van der Waals surface area contributed by atoms with Crippen molar-refractivity contribution in [2.45, 2.75) is 44.1 Å². The Hall–Kier alpha value is -1.63. The molecule has 1 unspecified atom stereocenters. The molecule has 1 aliphatic carbocycles. The van der Waals surface area contributed by atoms with Gasteiger partial charge in [0.15, 0.2) is 0 Å². The zero-order valence-electron chi connectivity index (χ0n) is 15.5. The Kier molecular flexibility index (Phi) is 6.51. The summed E-state index contributed by atoms with van der Waals surface area (Å²) >= 11 is 3.70. The molecule has 0 saturated heterocycles. The predicted molar refractivity (Wildman–Crippen MR) is 111 cm³/mol. The first-order chi connectivity index (χ1) is 12.7. The normalized spacial score (nSPS) is 16.7. The number of nitriles is 1. The zero-order valence-corrected chi connectivity index (χ0v) is 17.1. The van der Waals surface area contributed by atoms with Crippen LogP contribution in [0, 0.1) is 17.2 Å². The van der Waals surface area contributed by atoms with Gasteiger partial charge in [0, 0.05) is 11.0 Å². The number of nitrogens with zero attached hydrogens (tertiary/aromatic N) is 2. The summed E-state index contributed by atoms with van der Waals surface area (Å²) in [5.41, 5.74) is 2.16. The summed E-state index contributed by atoms with van der Waals surface area (Å²) in [5, 5.41) is 10.2. The van der Waals surface area contributed by atoms with Gasteiger partial charge < -0.3 is 4.90 Å². The Labute approximate surface area is 166 Å². The number of hydrogen-bond acceptors (Lipinski definition) is 2. The third-order valence-corrected chi connectivity index (χ3v) is 6.45. The predicted octanol–water partition coefficient (Wildman–Crippen LogP) is 5.92. The maximum atomic E-state index is 10.2. The summed E-state index contributed by atoms with van der Waals surface area (Å²) in [6.07, 6.45) is 5.57. The molecule has 2 aromatic rings. The third kappa shape index (κ3) is 4.19. The van der Waals surface area contributed by atoms with Crippen LogP contribution in [0.5, 0.6) is 0 Å². The number of rotatable bonds is 8. The highest BCUT2D eigenvalue weighted by Gasteiger charge is 2.44. The summed E-state index contributed by atoms with van der Waals surface area (Å²) in [7, 11) is 2.17. The van der Waals surface area contributed by atoms with Crippen molar-refractivity contribution in [2.75, 3.05) is 13.6 Å². The quantitative estimate of drug-likeness (QED) is 0.539. The highest BCUT2D eigenvalue weighted by molar-refractivity contribution is 9.10. The van der Waals surface area contributed by atoms with Gasteiger partial charge in [-0.05, 0) is 62.4 Å². The molecule has 3 rings (SSSR count). The molecule has 1 saturated carbocycles. The second-order valence-electron chi connectivity index (χ2n) is 7.52. The molecule has 0 N–H and O–H groups in total. The molecule has 0 amide bonds. The van der Waals surface area contributed by atoms with Crippen molar-refractivity contribution in [3.05, 3.63) is 70.2 Å². The molecular weight excluding hydrogens is 384 g/mol. The number of hydrogen-bond donors (Lipinski definition) is 0. The summed E-state index contributed by atoms with van der Waals surface area (Å²) in [6, 6.07) is 21.6. The lowest BCUT2D eigenvalue weighted by atomic mass is 9.61. The fraction of sp³-hybridized carbons (Fsp3) is 0.435. The molecule has 0 bridgehead atoms. The van der Waals surface area contributed by atoms with Crippen molar-refractivity contribution in [1.29, 1.82) is 5.26 Å². The van der Waals surface area contributed by atoms with E-state index in [1.165, 1.54) is 30.4 Å². The van der Waals surface area contributed by atoms with Crippen LogP contribution in [0.15, 0.2) is 59.1 Å². The Bertz CT molecular complexity index is 748. The highest BCUT2D eigenvalue weighted by Crippen LogP contribution is 2.48. The molecule has 0 aromatic heterocycles. The first kappa shape index (κ1) is 19.1. The van der Waals surface area contributed by atoms with E-state index in [0.717, 1.165) is 30.4 Å². The van der Waals surface area contributed by atoms with Crippen LogP contribution in [-0.4, -0.2) is 18.5 Å². The molecule has 136 valence electrons. The topological polar surface area (TPSA) is 27.0 Å². The van der Waals surface area contributed by atoms with E-state index in [0.29, 0.717) is 5.92 Å². The number of halogens is 1. The maximum absolute atomic E-state index is 10.2. The smallest absolute Gasteiger partial charge is 0.0861 e. The van der Waals surface area contributed by atoms with Crippen molar-refractivity contribution in [3.63, 3.8) is 0 Å². The van der Waals surface area contributed by atoms with Crippen LogP contribution >= 0.6 is 15.9 Å². The minimum absolute atomic E-state index is 0.355. The molecule has 0 heterocycles. The van der Waals surface area contributed by atoms with Gasteiger partial charge >= 0.3 is 0 Å². The van der Waals surface area contributed by atoms with Crippen LogP contribution in [0.4, 0.5) is 0 Å². The van der Waals surface area contributed by atoms with Crippen LogP contribution in [0.25, 0.3) is 0 Å². The highest BCUT2D eigenvalue weighted by atomic mass is 79.9. The van der Waals surface area contributed by atoms with Crippen LogP contribution in [-0.2, 0) is 12.0 Å². The van der Waals surface area contributed by atoms with E-state index in [1.807, 2.05) is 6.07 Å². The van der Waals surface area contributed by atoms with Gasteiger partial charge in [0.25, 0.3) is 0 Å². The first-order valence-corrected chi connectivity index (χ1v) is 10.3. The van der Waals surface area contributed by atoms with Gasteiger partial charge in [-0.2, -0.15) is 5.26 Å². The second kappa shape index (κ2) is 8.84. The van der Waals surface area contributed by atoms with E-state index in [9.17, 15) is 5.26 Å². The minimum Gasteiger partial charge on any atom is -0.302 e. The Morgan fingerprint density at radius 2 is 1.81 bits per heavy atom. The van der Waals surface area contributed by atoms with Gasteiger partial charge in [-0.25, -0.2) is 0 Å². The van der Waals surface area contributed by atoms with E-state index in [1.54, 1.807) is 0 Å². The van der Waals surface area contributed by atoms with Crippen molar-refractivity contribution < 1.29 is 0 Å². The van der Waals surface area contributed by atoms with E-state index in [2.05, 4.69) is 82.5 Å². The Morgan fingerprint density at radius 1 is 1.12 bits per heavy atom. The third-order valence-electron chi connectivity index (χ3n) is 5.76. The van der Waals surface area contributed by atoms with Crippen LogP contribution in [0.3, 0.4) is 0 Å². The molecule has 2 nitrogen and oxygen atoms in total. The van der Waals surface area contributed by atoms with E-state index < -0.39 is 0 Å². The van der Waals surface area contributed by atoms with Crippen LogP contribution < -0.4 is 0 Å². The lowest BCUT2D eigenvalue weighted by Crippen LogP contribution is -2.39. The fourth-order valence-corrected chi connectivity index (χ4v) is 4.73. The van der Waals surface area contributed by atoms with Gasteiger partial charge in [-0.15, -0.1) is 0 Å². The van der Waals surface area contributed by atoms with Gasteiger partial charge in [0.2, 0.25) is 0 Å². The van der Waals surface area contributed by atoms with Gasteiger partial charge in [-0.3, -0.25) is 0 Å². The molecule has 0 spiro atoms. The minimum atomic E-state index is -0.355. The second-order valence-corrected chi connectivity index (χ2v) is 8.37. The van der Waals surface area contributed by atoms with E-state index in [-0.39, 0.29) is 5.41 Å². The van der Waals surface area contributed by atoms with Crippen molar-refractivity contribution >= 4 is 15.9 Å². The maximum Gasteiger partial charge on any atom is 0.0861 e. The molecule has 0 aliphatic heterocycles. The van der Waals surface area contributed by atoms with Gasteiger partial charge in [0.1, 0.15) is 0 Å². The molecule has 1 aliphatic rings. The standard InChI is InChI=1S/C23H27BrN2/c1-26(17-19-9-3-2-4-10-19)16-8-15-23(18-25,20-11-7-12-20)21-13-5-6-14-22(21)24/h2-6,9-10,13-14,20H,7-8,11-12,15-17H2,1H3. The van der Waals surface area contributed by atoms with Gasteiger partial charge in [-0.1, -0.05) is 70.9 Å². The molecule has 1 atom stereocenters. The molecule has 2 aromatic carbocycles. The summed E-state index contributed by atoms with van der Waals surface area (Å²) in [6.45, 7) is 1.97. The van der Waals surface area contributed by atoms with Crippen LogP contribution in [0.1, 0.15) is 43.2 Å². The van der Waals surface area contributed by atoms with Crippen molar-refractivity contribution in [2.24, 2.45) is 5.92 Å². The fourth-order valence-electron chi connectivity index (χ4n) is 4.09. The molecule has 1 fully saturated rings. The SMILES string of the molecule is CN(CCCC(C#N)(c1ccccc1Br)C1CCC1)Cc1ccccc1. The summed E-state index contributed by atoms with van der Waals surface area (Å²) in [4.78, 5) is 2.36. The van der Waals surface area contributed by atoms with Crippen molar-refractivity contribution in [1.82, 2.24) is 4.90 Å². The van der Waals surface area contributed by atoms with Gasteiger partial charge in [0.05, 0.1) is 11.5 Å². The zero-order chi connectivity index (χ0) is 18.4.